The molecule has 1 aliphatic heterocycles. The van der Waals surface area contributed by atoms with Gasteiger partial charge in [0.05, 0.1) is 5.56 Å². The number of fused-ring (bicyclic) bond motifs is 1. The number of nitrogens with one attached hydrogen (secondary N) is 2. The van der Waals surface area contributed by atoms with Gasteiger partial charge in [-0.2, -0.15) is 5.26 Å². The summed E-state index contributed by atoms with van der Waals surface area (Å²) in [6.07, 6.45) is 10.4. The minimum absolute atomic E-state index is 0. The number of amides is 1. The van der Waals surface area contributed by atoms with Crippen LogP contribution < -0.4 is 15.7 Å². The number of hydroxylamine groups is 1. The molecule has 4 N–H and O–H groups in total. The lowest BCUT2D eigenvalue weighted by atomic mass is 9.97. The quantitative estimate of drug-likeness (QED) is 0.136. The molecule has 0 bridgehead atoms. The Labute approximate surface area is 228 Å². The zero-order chi connectivity index (χ0) is 26.6. The molecule has 0 aliphatic carbocycles. The van der Waals surface area contributed by atoms with E-state index in [1.807, 2.05) is 6.07 Å². The lowest BCUT2D eigenvalue weighted by molar-refractivity contribution is -0.172. The van der Waals surface area contributed by atoms with Crippen LogP contribution in [0.4, 0.5) is 19.7 Å². The van der Waals surface area contributed by atoms with Crippen molar-refractivity contribution in [1.82, 2.24) is 25.3 Å². The van der Waals surface area contributed by atoms with Crippen molar-refractivity contribution in [3.05, 3.63) is 52.9 Å². The molecule has 1 saturated heterocycles. The van der Waals surface area contributed by atoms with Gasteiger partial charge in [-0.05, 0) is 55.5 Å². The molecule has 14 heteroatoms. The first-order chi connectivity index (χ1) is 18.0. The fraction of sp³-hybridized carbons (Fsp3) is 0.400. The summed E-state index contributed by atoms with van der Waals surface area (Å²) in [5.41, 5.74) is 4.35. The molecule has 0 saturated carbocycles. The van der Waals surface area contributed by atoms with E-state index in [1.54, 1.807) is 5.48 Å². The van der Waals surface area contributed by atoms with Gasteiger partial charge in [0, 0.05) is 60.7 Å². The third kappa shape index (κ3) is 9.29. The van der Waals surface area contributed by atoms with Crippen LogP contribution in [-0.2, 0) is 18.0 Å². The van der Waals surface area contributed by atoms with Gasteiger partial charge < -0.3 is 14.8 Å². The number of rotatable bonds is 8. The van der Waals surface area contributed by atoms with Crippen LogP contribution in [0.1, 0.15) is 42.1 Å². The average molecular weight is 573 g/mol. The number of halogens is 4. The Morgan fingerprint density at radius 1 is 1.26 bits per heavy atom. The van der Waals surface area contributed by atoms with Crippen molar-refractivity contribution in [2.24, 2.45) is 5.92 Å². The van der Waals surface area contributed by atoms with E-state index in [0.29, 0.717) is 11.9 Å². The third-order valence-electron chi connectivity index (χ3n) is 6.12. The lowest BCUT2D eigenvalue weighted by Gasteiger charge is -2.32. The van der Waals surface area contributed by atoms with Gasteiger partial charge in [0.25, 0.3) is 5.91 Å². The normalized spacial score (nSPS) is 12.7. The molecule has 0 atom stereocenters. The van der Waals surface area contributed by atoms with Gasteiger partial charge in [-0.15, -0.1) is 4.39 Å². The average Bonchev–Trinajstić information content (AvgIpc) is 3.26. The summed E-state index contributed by atoms with van der Waals surface area (Å²) >= 11 is 6.25. The van der Waals surface area contributed by atoms with E-state index < -0.39 is 5.91 Å². The topological polar surface area (TPSA) is 125 Å². The lowest BCUT2D eigenvalue weighted by Crippen LogP contribution is -2.38. The molecule has 1 fully saturated rings. The van der Waals surface area contributed by atoms with Crippen molar-refractivity contribution in [2.75, 3.05) is 24.5 Å². The molecule has 4 rings (SSSR count). The Morgan fingerprint density at radius 3 is 2.51 bits per heavy atom. The van der Waals surface area contributed by atoms with Crippen LogP contribution in [0.15, 0.2) is 36.8 Å². The zero-order valence-electron chi connectivity index (χ0n) is 21.3. The van der Waals surface area contributed by atoms with Crippen molar-refractivity contribution < 1.29 is 33.9 Å². The minimum Gasteiger partial charge on any atom is -0.347 e. The van der Waals surface area contributed by atoms with Crippen molar-refractivity contribution >= 4 is 34.4 Å². The first-order valence-electron chi connectivity index (χ1n) is 11.9. The van der Waals surface area contributed by atoms with Gasteiger partial charge >= 0.3 is 0 Å². The molecule has 0 spiro atoms. The summed E-state index contributed by atoms with van der Waals surface area (Å²) in [5.74, 6) is 0.603. The highest BCUT2D eigenvalue weighted by atomic mass is 35.5. The number of aromatic nitrogens is 3. The minimum atomic E-state index is -0.610. The largest absolute Gasteiger partial charge is 0.347 e. The predicted molar refractivity (Wildman–Crippen MR) is 143 cm³/mol. The predicted octanol–water partition coefficient (Wildman–Crippen LogP) is 4.29. The summed E-state index contributed by atoms with van der Waals surface area (Å²) < 4.78 is 12.7. The molecule has 0 unspecified atom stereocenters. The Morgan fingerprint density at radius 2 is 1.95 bits per heavy atom. The van der Waals surface area contributed by atoms with Crippen LogP contribution >= 0.6 is 11.6 Å². The number of benzene rings is 1. The Kier molecular flexibility index (Phi) is 14.7. The van der Waals surface area contributed by atoms with Gasteiger partial charge in [0.15, 0.2) is 12.3 Å². The molecule has 39 heavy (non-hydrogen) atoms. The van der Waals surface area contributed by atoms with Crippen molar-refractivity contribution in [2.45, 2.75) is 39.3 Å². The third-order valence-corrected chi connectivity index (χ3v) is 6.36. The van der Waals surface area contributed by atoms with Crippen LogP contribution in [0.2, 0.25) is 5.02 Å². The molecule has 1 aromatic carbocycles. The van der Waals surface area contributed by atoms with Crippen LogP contribution in [-0.4, -0.2) is 50.5 Å². The SMILES string of the molecule is CCCn1cc(CNCC2CCN(c3ncc(C(=O)NO)cn3)CC2)c2cc(Cl)ccc21.F.F.OOC#CF. The molecule has 10 nitrogen and oxygen atoms in total. The smallest absolute Gasteiger partial charge is 0.277 e. The van der Waals surface area contributed by atoms with Gasteiger partial charge in [0.2, 0.25) is 5.95 Å². The molecular weight excluding hydrogens is 541 g/mol. The number of hydrogen-bond acceptors (Lipinski definition) is 8. The Balaban J connectivity index is 0.000000998. The number of carbonyl (C=O) groups excluding carboxylic acids is 1. The fourth-order valence-electron chi connectivity index (χ4n) is 4.34. The van der Waals surface area contributed by atoms with Gasteiger partial charge in [0.1, 0.15) is 0 Å². The van der Waals surface area contributed by atoms with Crippen molar-refractivity contribution in [3.8, 4) is 12.3 Å². The Hall–Kier alpha value is -3.57. The molecule has 0 radical (unpaired) electrons. The molecule has 1 amide bonds. The fourth-order valence-corrected chi connectivity index (χ4v) is 4.51. The maximum atomic E-state index is 11.4. The monoisotopic (exact) mass is 572 g/mol. The second kappa shape index (κ2) is 17.1. The van der Waals surface area contributed by atoms with Gasteiger partial charge in [-0.1, -0.05) is 18.5 Å². The van der Waals surface area contributed by atoms with Gasteiger partial charge in [-0.25, -0.2) is 15.4 Å². The maximum absolute atomic E-state index is 11.4. The molecule has 2 aromatic heterocycles. The molecule has 1 aliphatic rings. The van der Waals surface area contributed by atoms with Crippen LogP contribution in [0, 0.1) is 18.2 Å². The molecule has 214 valence electrons. The summed E-state index contributed by atoms with van der Waals surface area (Å²) in [4.78, 5) is 25.0. The van der Waals surface area contributed by atoms with E-state index in [9.17, 15) is 9.18 Å². The van der Waals surface area contributed by atoms with E-state index in [2.05, 4.69) is 54.9 Å². The second-order valence-corrected chi connectivity index (χ2v) is 9.01. The van der Waals surface area contributed by atoms with Crippen molar-refractivity contribution in [1.29, 1.82) is 0 Å². The number of hydrogen-bond donors (Lipinski definition) is 4. The molecule has 3 aromatic rings. The van der Waals surface area contributed by atoms with E-state index in [0.717, 1.165) is 63.2 Å². The van der Waals surface area contributed by atoms with Crippen LogP contribution in [0.3, 0.4) is 0 Å². The van der Waals surface area contributed by atoms with Crippen LogP contribution in [0.25, 0.3) is 10.9 Å². The number of carbonyl (C=O) groups is 1. The second-order valence-electron chi connectivity index (χ2n) is 8.57. The highest BCUT2D eigenvalue weighted by Gasteiger charge is 2.21. The highest BCUT2D eigenvalue weighted by Crippen LogP contribution is 2.26. The number of nitrogens with zero attached hydrogens (tertiary/aromatic N) is 4. The zero-order valence-corrected chi connectivity index (χ0v) is 22.0. The van der Waals surface area contributed by atoms with E-state index in [1.165, 1.54) is 35.0 Å². The summed E-state index contributed by atoms with van der Waals surface area (Å²) in [5, 5.41) is 21.5. The number of aryl methyl sites for hydroxylation is 1. The first kappa shape index (κ1) is 33.5. The highest BCUT2D eigenvalue weighted by molar-refractivity contribution is 6.31. The summed E-state index contributed by atoms with van der Waals surface area (Å²) in [6, 6.07) is 6.13. The molecular formula is C25H32ClF3N6O4. The standard InChI is InChI=1S/C23H29ClN6O2.C2HFO2.2FH/c1-2-7-30-15-18(20-10-19(24)3-4-21(20)30)12-25-11-16-5-8-29(9-6-16)23-26-13-17(14-27-23)22(31)28-32;3-1-2-5-4;;/h3-4,10,13-16,25,32H,2,5-9,11-12H2,1H3,(H,28,31);4H;2*1H. The van der Waals surface area contributed by atoms with E-state index in [-0.39, 0.29) is 15.0 Å². The first-order valence-corrected chi connectivity index (χ1v) is 12.3. The summed E-state index contributed by atoms with van der Waals surface area (Å²) in [7, 11) is 0. The number of anilines is 1. The Bertz CT molecular complexity index is 1230. The number of piperidine rings is 1. The van der Waals surface area contributed by atoms with E-state index >= 15 is 0 Å². The van der Waals surface area contributed by atoms with Crippen LogP contribution in [0.5, 0.6) is 0 Å². The van der Waals surface area contributed by atoms with E-state index in [4.69, 9.17) is 22.1 Å². The molecule has 3 heterocycles. The maximum Gasteiger partial charge on any atom is 0.277 e. The summed E-state index contributed by atoms with van der Waals surface area (Å²) in [6.45, 7) is 6.74. The van der Waals surface area contributed by atoms with Crippen molar-refractivity contribution in [3.63, 3.8) is 0 Å². The van der Waals surface area contributed by atoms with Gasteiger partial charge in [-0.3, -0.25) is 24.3 Å².